The molecule has 0 spiro atoms. The third-order valence-corrected chi connectivity index (χ3v) is 10.7. The molecule has 4 heterocycles. The summed E-state index contributed by atoms with van der Waals surface area (Å²) in [7, 11) is 3.25. The normalized spacial score (nSPS) is 14.1. The second-order valence-corrected chi connectivity index (χ2v) is 13.9. The van der Waals surface area contributed by atoms with Crippen LogP contribution >= 0.6 is 23.2 Å². The molecule has 1 amide bonds. The number of aromatic nitrogens is 3. The summed E-state index contributed by atoms with van der Waals surface area (Å²) in [5.41, 5.74) is 8.67. The topological polar surface area (TPSA) is 97.1 Å². The van der Waals surface area contributed by atoms with E-state index >= 15 is 4.79 Å². The zero-order valence-electron chi connectivity index (χ0n) is 29.6. The van der Waals surface area contributed by atoms with Gasteiger partial charge in [0.15, 0.2) is 11.5 Å². The first-order valence-corrected chi connectivity index (χ1v) is 17.8. The standard InChI is InChI=1S/C39H40Cl2N4O6/c1-21-17-26(18-22(2)34(21)41)49-14-7-9-27-28-10-11-29(40)33(32-23(3)42-43(5)24(32)4)35(28)45-13-8-12-44(38(46)36(27)45)30-19-25(39(47)48-6)20-31-37(30)51-16-15-50-31/h10-11,17-20H,7-9,12-16H2,1-6H3. The molecule has 0 fully saturated rings. The number of esters is 1. The highest BCUT2D eigenvalue weighted by Crippen LogP contribution is 2.46. The first kappa shape index (κ1) is 34.8. The molecule has 2 aliphatic heterocycles. The molecule has 0 N–H and O–H groups in total. The Morgan fingerprint density at radius 2 is 1.73 bits per heavy atom. The van der Waals surface area contributed by atoms with Gasteiger partial charge in [0.1, 0.15) is 24.7 Å². The van der Waals surface area contributed by atoms with E-state index < -0.39 is 5.97 Å². The van der Waals surface area contributed by atoms with Gasteiger partial charge in [-0.15, -0.1) is 0 Å². The van der Waals surface area contributed by atoms with Crippen molar-refractivity contribution in [3.05, 3.63) is 85.8 Å². The van der Waals surface area contributed by atoms with Gasteiger partial charge < -0.3 is 28.4 Å². The lowest BCUT2D eigenvalue weighted by molar-refractivity contribution is 0.0599. The average molecular weight is 732 g/mol. The van der Waals surface area contributed by atoms with Crippen LogP contribution in [0.1, 0.15) is 61.8 Å². The Morgan fingerprint density at radius 1 is 0.980 bits per heavy atom. The van der Waals surface area contributed by atoms with Gasteiger partial charge in [-0.25, -0.2) is 4.79 Å². The number of anilines is 1. The number of methoxy groups -OCH3 is 1. The van der Waals surface area contributed by atoms with Gasteiger partial charge in [0.2, 0.25) is 0 Å². The van der Waals surface area contributed by atoms with Gasteiger partial charge >= 0.3 is 5.97 Å². The molecule has 2 aliphatic rings. The van der Waals surface area contributed by atoms with Crippen molar-refractivity contribution in [2.24, 2.45) is 7.05 Å². The summed E-state index contributed by atoms with van der Waals surface area (Å²) in [6.07, 6.45) is 1.85. The van der Waals surface area contributed by atoms with Crippen LogP contribution in [0.4, 0.5) is 5.69 Å². The molecule has 2 aromatic heterocycles. The minimum Gasteiger partial charge on any atom is -0.494 e. The zero-order valence-corrected chi connectivity index (χ0v) is 31.1. The van der Waals surface area contributed by atoms with Crippen LogP contribution in [0.5, 0.6) is 17.2 Å². The number of ether oxygens (including phenoxy) is 4. The number of aryl methyl sites for hydroxylation is 6. The second kappa shape index (κ2) is 13.8. The van der Waals surface area contributed by atoms with E-state index in [1.165, 1.54) is 7.11 Å². The molecule has 0 unspecified atom stereocenters. The molecule has 0 atom stereocenters. The van der Waals surface area contributed by atoms with E-state index in [0.717, 1.165) is 60.9 Å². The van der Waals surface area contributed by atoms with Crippen LogP contribution in [-0.2, 0) is 24.8 Å². The van der Waals surface area contributed by atoms with Crippen molar-refractivity contribution in [1.82, 2.24) is 14.3 Å². The Morgan fingerprint density at radius 3 is 2.43 bits per heavy atom. The number of hydrogen-bond donors (Lipinski definition) is 0. The predicted octanol–water partition coefficient (Wildman–Crippen LogP) is 8.20. The Bertz CT molecular complexity index is 2200. The highest BCUT2D eigenvalue weighted by atomic mass is 35.5. The number of fused-ring (bicyclic) bond motifs is 4. The van der Waals surface area contributed by atoms with Crippen LogP contribution in [0, 0.1) is 27.7 Å². The van der Waals surface area contributed by atoms with Gasteiger partial charge in [-0.1, -0.05) is 29.3 Å². The molecule has 0 bridgehead atoms. The number of nitrogens with zero attached hydrogens (tertiary/aromatic N) is 4. The second-order valence-electron chi connectivity index (χ2n) is 13.1. The van der Waals surface area contributed by atoms with E-state index in [-0.39, 0.29) is 11.5 Å². The maximum atomic E-state index is 15.1. The quantitative estimate of drug-likeness (QED) is 0.117. The Balaban J connectivity index is 1.37. The molecule has 12 heteroatoms. The highest BCUT2D eigenvalue weighted by Gasteiger charge is 2.35. The minimum absolute atomic E-state index is 0.205. The molecule has 0 saturated carbocycles. The smallest absolute Gasteiger partial charge is 0.338 e. The summed E-state index contributed by atoms with van der Waals surface area (Å²) in [5.74, 6) is 0.854. The number of carbonyl (C=O) groups is 2. The van der Waals surface area contributed by atoms with Crippen LogP contribution in [0.25, 0.3) is 22.0 Å². The maximum Gasteiger partial charge on any atom is 0.338 e. The van der Waals surface area contributed by atoms with Crippen LogP contribution in [0.2, 0.25) is 10.0 Å². The maximum absolute atomic E-state index is 15.1. The van der Waals surface area contributed by atoms with E-state index in [1.54, 1.807) is 17.0 Å². The Kier molecular flexibility index (Phi) is 9.41. The lowest BCUT2D eigenvalue weighted by Gasteiger charge is -2.28. The largest absolute Gasteiger partial charge is 0.494 e. The van der Waals surface area contributed by atoms with Gasteiger partial charge in [0.05, 0.1) is 41.2 Å². The predicted molar refractivity (Wildman–Crippen MR) is 198 cm³/mol. The van der Waals surface area contributed by atoms with Crippen molar-refractivity contribution in [2.45, 2.75) is 53.5 Å². The monoisotopic (exact) mass is 730 g/mol. The molecular weight excluding hydrogens is 691 g/mol. The molecule has 7 rings (SSSR count). The van der Waals surface area contributed by atoms with E-state index in [0.29, 0.717) is 80.1 Å². The third kappa shape index (κ3) is 6.08. The number of carbonyl (C=O) groups excluding carboxylic acids is 2. The lowest BCUT2D eigenvalue weighted by atomic mass is 9.98. The van der Waals surface area contributed by atoms with Crippen molar-refractivity contribution >= 4 is 51.7 Å². The zero-order chi connectivity index (χ0) is 36.1. The number of halogens is 2. The molecule has 51 heavy (non-hydrogen) atoms. The molecular formula is C39H40Cl2N4O6. The molecule has 5 aromatic rings. The summed E-state index contributed by atoms with van der Waals surface area (Å²) >= 11 is 13.5. The fourth-order valence-corrected chi connectivity index (χ4v) is 7.79. The van der Waals surface area contributed by atoms with Gasteiger partial charge in [-0.05, 0) is 94.0 Å². The van der Waals surface area contributed by atoms with Gasteiger partial charge in [0.25, 0.3) is 5.91 Å². The van der Waals surface area contributed by atoms with Gasteiger partial charge in [-0.2, -0.15) is 5.10 Å². The summed E-state index contributed by atoms with van der Waals surface area (Å²) < 4.78 is 27.2. The van der Waals surface area contributed by atoms with Crippen molar-refractivity contribution in [3.63, 3.8) is 0 Å². The number of benzene rings is 3. The van der Waals surface area contributed by atoms with Crippen LogP contribution < -0.4 is 19.1 Å². The molecule has 0 saturated heterocycles. The fourth-order valence-electron chi connectivity index (χ4n) is 7.43. The fraction of sp³-hybridized carbons (Fsp3) is 0.359. The minimum atomic E-state index is -0.530. The van der Waals surface area contributed by atoms with E-state index in [4.69, 9.17) is 47.2 Å². The summed E-state index contributed by atoms with van der Waals surface area (Å²) in [5, 5.41) is 6.97. The van der Waals surface area contributed by atoms with Crippen LogP contribution in [0.3, 0.4) is 0 Å². The van der Waals surface area contributed by atoms with E-state index in [1.807, 2.05) is 63.7 Å². The number of hydrogen-bond acceptors (Lipinski definition) is 7. The first-order chi connectivity index (χ1) is 24.5. The third-order valence-electron chi connectivity index (χ3n) is 9.83. The van der Waals surface area contributed by atoms with Crippen molar-refractivity contribution in [2.75, 3.05) is 38.4 Å². The summed E-state index contributed by atoms with van der Waals surface area (Å²) in [6, 6.07) is 11.1. The molecule has 266 valence electrons. The van der Waals surface area contributed by atoms with Crippen molar-refractivity contribution in [3.8, 4) is 28.4 Å². The van der Waals surface area contributed by atoms with Crippen molar-refractivity contribution in [1.29, 1.82) is 0 Å². The van der Waals surface area contributed by atoms with E-state index in [2.05, 4.69) is 4.57 Å². The van der Waals surface area contributed by atoms with Crippen LogP contribution in [-0.4, -0.2) is 59.7 Å². The van der Waals surface area contributed by atoms with Crippen LogP contribution in [0.15, 0.2) is 36.4 Å². The molecule has 0 radical (unpaired) electrons. The molecule has 3 aromatic carbocycles. The van der Waals surface area contributed by atoms with Gasteiger partial charge in [-0.3, -0.25) is 9.48 Å². The number of rotatable bonds is 8. The molecule has 0 aliphatic carbocycles. The molecule has 10 nitrogen and oxygen atoms in total. The van der Waals surface area contributed by atoms with Crippen molar-refractivity contribution < 1.29 is 28.5 Å². The Labute approximate surface area is 306 Å². The SMILES string of the molecule is COC(=O)c1cc2c(c(N3CCCn4c(c(CCCOc5cc(C)c(Cl)c(C)c5)c5ccc(Cl)c(-c6c(C)nn(C)c6C)c54)C3=O)c1)OCCO2. The average Bonchev–Trinajstić information content (AvgIpc) is 3.49. The van der Waals surface area contributed by atoms with Gasteiger partial charge in [0, 0.05) is 47.4 Å². The summed E-state index contributed by atoms with van der Waals surface area (Å²) in [6.45, 7) is 9.98. The van der Waals surface area contributed by atoms with E-state index in [9.17, 15) is 4.79 Å². The highest BCUT2D eigenvalue weighted by molar-refractivity contribution is 6.35. The number of amides is 1. The summed E-state index contributed by atoms with van der Waals surface area (Å²) in [4.78, 5) is 29.6. The first-order valence-electron chi connectivity index (χ1n) is 17.1. The lowest BCUT2D eigenvalue weighted by Crippen LogP contribution is -2.33. The Hall–Kier alpha value is -4.67.